The van der Waals surface area contributed by atoms with Crippen molar-refractivity contribution >= 4 is 0 Å². The molecular weight excluding hydrogens is 481 g/mol. The molecule has 1 saturated heterocycles. The Kier molecular flexibility index (Phi) is 8.52. The molecule has 0 N–H and O–H groups in total. The van der Waals surface area contributed by atoms with Crippen molar-refractivity contribution < 1.29 is 22.4 Å². The van der Waals surface area contributed by atoms with Crippen LogP contribution < -0.4 is 4.74 Å². The fourth-order valence-electron chi connectivity index (χ4n) is 4.82. The SMILES string of the molecule is CCN(CCCN1CCC(C#N)(c2ccccc2)CC1)Cc1cc(-c2ccc(OC(F)(F)F)cc2)no1. The molecule has 2 aromatic carbocycles. The molecule has 1 aliphatic heterocycles. The number of rotatable bonds is 10. The predicted molar refractivity (Wildman–Crippen MR) is 134 cm³/mol. The van der Waals surface area contributed by atoms with Crippen LogP contribution in [0.3, 0.4) is 0 Å². The molecule has 0 aliphatic carbocycles. The third-order valence-corrected chi connectivity index (χ3v) is 6.97. The molecule has 1 aliphatic rings. The first-order valence-electron chi connectivity index (χ1n) is 12.5. The Morgan fingerprint density at radius 1 is 1.11 bits per heavy atom. The molecule has 0 atom stereocenters. The Bertz CT molecular complexity index is 1160. The van der Waals surface area contributed by atoms with E-state index in [-0.39, 0.29) is 11.2 Å². The van der Waals surface area contributed by atoms with Gasteiger partial charge in [-0.25, -0.2) is 0 Å². The molecule has 0 bridgehead atoms. The number of piperidine rings is 1. The zero-order valence-corrected chi connectivity index (χ0v) is 20.9. The monoisotopic (exact) mass is 512 g/mol. The summed E-state index contributed by atoms with van der Waals surface area (Å²) in [5, 5.41) is 14.0. The molecule has 0 spiro atoms. The molecule has 0 radical (unpaired) electrons. The number of hydrogen-bond acceptors (Lipinski definition) is 6. The molecule has 37 heavy (non-hydrogen) atoms. The minimum atomic E-state index is -4.72. The zero-order chi connectivity index (χ0) is 26.3. The smallest absolute Gasteiger partial charge is 0.406 e. The molecule has 1 fully saturated rings. The van der Waals surface area contributed by atoms with Gasteiger partial charge in [0.1, 0.15) is 11.4 Å². The number of halogens is 3. The number of hydrogen-bond donors (Lipinski definition) is 0. The first-order chi connectivity index (χ1) is 17.8. The quantitative estimate of drug-likeness (QED) is 0.332. The van der Waals surface area contributed by atoms with Gasteiger partial charge in [0.25, 0.3) is 0 Å². The van der Waals surface area contributed by atoms with Gasteiger partial charge < -0.3 is 14.2 Å². The third-order valence-electron chi connectivity index (χ3n) is 6.97. The van der Waals surface area contributed by atoms with Gasteiger partial charge in [0.05, 0.1) is 18.0 Å². The van der Waals surface area contributed by atoms with E-state index in [0.29, 0.717) is 23.6 Å². The summed E-state index contributed by atoms with van der Waals surface area (Å²) in [6.07, 6.45) is -2.03. The Morgan fingerprint density at radius 3 is 2.43 bits per heavy atom. The van der Waals surface area contributed by atoms with Crippen LogP contribution >= 0.6 is 0 Å². The van der Waals surface area contributed by atoms with Crippen LogP contribution in [0.1, 0.15) is 37.5 Å². The van der Waals surface area contributed by atoms with Crippen LogP contribution in [0.15, 0.2) is 65.2 Å². The lowest BCUT2D eigenvalue weighted by Crippen LogP contribution is -2.42. The summed E-state index contributed by atoms with van der Waals surface area (Å²) < 4.78 is 46.5. The highest BCUT2D eigenvalue weighted by atomic mass is 19.4. The van der Waals surface area contributed by atoms with Gasteiger partial charge in [0, 0.05) is 11.6 Å². The van der Waals surface area contributed by atoms with Crippen LogP contribution in [0.25, 0.3) is 11.3 Å². The fraction of sp³-hybridized carbons (Fsp3) is 0.429. The highest BCUT2D eigenvalue weighted by molar-refractivity contribution is 5.59. The summed E-state index contributed by atoms with van der Waals surface area (Å²) in [6, 6.07) is 20.1. The summed E-state index contributed by atoms with van der Waals surface area (Å²) >= 11 is 0. The first-order valence-corrected chi connectivity index (χ1v) is 12.5. The van der Waals surface area contributed by atoms with Crippen molar-refractivity contribution in [3.05, 3.63) is 72.0 Å². The number of nitrogens with zero attached hydrogens (tertiary/aromatic N) is 4. The van der Waals surface area contributed by atoms with Crippen LogP contribution in [-0.2, 0) is 12.0 Å². The van der Waals surface area contributed by atoms with Crippen molar-refractivity contribution in [2.45, 2.75) is 44.5 Å². The molecule has 196 valence electrons. The molecular formula is C28H31F3N4O2. The molecule has 4 rings (SSSR count). The molecule has 9 heteroatoms. The Hall–Kier alpha value is -3.35. The molecule has 0 unspecified atom stereocenters. The van der Waals surface area contributed by atoms with Gasteiger partial charge in [0.15, 0.2) is 5.76 Å². The number of benzene rings is 2. The van der Waals surface area contributed by atoms with Crippen molar-refractivity contribution in [2.24, 2.45) is 0 Å². The summed E-state index contributed by atoms with van der Waals surface area (Å²) in [6.45, 7) is 7.24. The van der Waals surface area contributed by atoms with Gasteiger partial charge in [-0.3, -0.25) is 4.90 Å². The van der Waals surface area contributed by atoms with Gasteiger partial charge in [0.2, 0.25) is 0 Å². The van der Waals surface area contributed by atoms with E-state index in [9.17, 15) is 18.4 Å². The minimum absolute atomic E-state index is 0.274. The van der Waals surface area contributed by atoms with Crippen molar-refractivity contribution in [1.82, 2.24) is 15.0 Å². The van der Waals surface area contributed by atoms with Crippen molar-refractivity contribution in [3.63, 3.8) is 0 Å². The molecule has 0 saturated carbocycles. The van der Waals surface area contributed by atoms with Crippen molar-refractivity contribution in [2.75, 3.05) is 32.7 Å². The first kappa shape index (κ1) is 26.7. The number of nitriles is 1. The fourth-order valence-corrected chi connectivity index (χ4v) is 4.82. The minimum Gasteiger partial charge on any atom is -0.406 e. The summed E-state index contributed by atoms with van der Waals surface area (Å²) in [7, 11) is 0. The number of aromatic nitrogens is 1. The number of likely N-dealkylation sites (tertiary alicyclic amines) is 1. The normalized spacial score (nSPS) is 16.0. The van der Waals surface area contributed by atoms with Gasteiger partial charge in [-0.1, -0.05) is 42.4 Å². The summed E-state index contributed by atoms with van der Waals surface area (Å²) in [5.41, 5.74) is 1.95. The van der Waals surface area contributed by atoms with Crippen molar-refractivity contribution in [1.29, 1.82) is 5.26 Å². The highest BCUT2D eigenvalue weighted by Crippen LogP contribution is 2.35. The predicted octanol–water partition coefficient (Wildman–Crippen LogP) is 6.01. The Balaban J connectivity index is 1.24. The maximum absolute atomic E-state index is 12.4. The Labute approximate surface area is 215 Å². The molecule has 2 heterocycles. The molecule has 3 aromatic rings. The van der Waals surface area contributed by atoms with Gasteiger partial charge >= 0.3 is 6.36 Å². The van der Waals surface area contributed by atoms with E-state index in [2.05, 4.69) is 44.8 Å². The Morgan fingerprint density at radius 2 is 1.81 bits per heavy atom. The van der Waals surface area contributed by atoms with Crippen LogP contribution in [0.4, 0.5) is 13.2 Å². The second-order valence-corrected chi connectivity index (χ2v) is 9.37. The lowest BCUT2D eigenvalue weighted by atomic mass is 9.74. The largest absolute Gasteiger partial charge is 0.573 e. The van der Waals surface area contributed by atoms with Gasteiger partial charge in [-0.2, -0.15) is 5.26 Å². The van der Waals surface area contributed by atoms with E-state index in [1.807, 2.05) is 24.3 Å². The van der Waals surface area contributed by atoms with Crippen molar-refractivity contribution in [3.8, 4) is 23.1 Å². The average molecular weight is 513 g/mol. The van der Waals surface area contributed by atoms with Gasteiger partial charge in [-0.15, -0.1) is 13.2 Å². The summed E-state index contributed by atoms with van der Waals surface area (Å²) in [5.74, 6) is 0.427. The van der Waals surface area contributed by atoms with E-state index in [1.165, 1.54) is 24.3 Å². The summed E-state index contributed by atoms with van der Waals surface area (Å²) in [4.78, 5) is 4.71. The topological polar surface area (TPSA) is 65.5 Å². The van der Waals surface area contributed by atoms with Crippen LogP contribution in [0.5, 0.6) is 5.75 Å². The van der Waals surface area contributed by atoms with E-state index < -0.39 is 6.36 Å². The van der Waals surface area contributed by atoms with E-state index >= 15 is 0 Å². The second kappa shape index (κ2) is 11.8. The lowest BCUT2D eigenvalue weighted by molar-refractivity contribution is -0.274. The maximum Gasteiger partial charge on any atom is 0.573 e. The average Bonchev–Trinajstić information content (AvgIpc) is 3.37. The highest BCUT2D eigenvalue weighted by Gasteiger charge is 2.36. The van der Waals surface area contributed by atoms with E-state index in [0.717, 1.165) is 57.5 Å². The number of alkyl halides is 3. The molecule has 6 nitrogen and oxygen atoms in total. The van der Waals surface area contributed by atoms with Crippen LogP contribution in [0, 0.1) is 11.3 Å². The second-order valence-electron chi connectivity index (χ2n) is 9.37. The third kappa shape index (κ3) is 7.12. The van der Waals surface area contributed by atoms with E-state index in [1.54, 1.807) is 0 Å². The molecule has 0 amide bonds. The van der Waals surface area contributed by atoms with Crippen LogP contribution in [-0.4, -0.2) is 54.0 Å². The zero-order valence-electron chi connectivity index (χ0n) is 20.9. The lowest BCUT2D eigenvalue weighted by Gasteiger charge is -2.37. The molecule has 1 aromatic heterocycles. The standard InChI is InChI=1S/C28H31F3N4O2/c1-2-34(15-6-16-35-17-13-27(21-32,14-18-35)23-7-4-3-5-8-23)20-25-19-26(33-37-25)22-9-11-24(12-10-22)36-28(29,30)31/h3-5,7-12,19H,2,6,13-18,20H2,1H3. The van der Waals surface area contributed by atoms with E-state index in [4.69, 9.17) is 4.52 Å². The maximum atomic E-state index is 12.4. The van der Waals surface area contributed by atoms with Crippen LogP contribution in [0.2, 0.25) is 0 Å². The number of ether oxygens (including phenoxy) is 1. The van der Waals surface area contributed by atoms with Gasteiger partial charge in [-0.05, 0) is 81.8 Å².